The Kier molecular flexibility index (Phi) is 3.44. The van der Waals surface area contributed by atoms with Gasteiger partial charge in [-0.25, -0.2) is 9.97 Å². The summed E-state index contributed by atoms with van der Waals surface area (Å²) >= 11 is 0. The van der Waals surface area contributed by atoms with E-state index in [1.54, 1.807) is 12.4 Å². The number of rotatable bonds is 4. The van der Waals surface area contributed by atoms with E-state index in [1.165, 1.54) is 0 Å². The summed E-state index contributed by atoms with van der Waals surface area (Å²) in [4.78, 5) is 8.01. The highest BCUT2D eigenvalue weighted by Crippen LogP contribution is 1.97. The molecule has 0 saturated carbocycles. The van der Waals surface area contributed by atoms with E-state index in [4.69, 9.17) is 0 Å². The van der Waals surface area contributed by atoms with Crippen LogP contribution in [0.25, 0.3) is 0 Å². The van der Waals surface area contributed by atoms with Crippen molar-refractivity contribution >= 4 is 5.95 Å². The maximum Gasteiger partial charge on any atom is 0.222 e. The maximum absolute atomic E-state index is 11.7. The van der Waals surface area contributed by atoms with Gasteiger partial charge >= 0.3 is 0 Å². The predicted molar refractivity (Wildman–Crippen MR) is 45.9 cm³/mol. The highest BCUT2D eigenvalue weighted by Gasteiger charge is 1.92. The van der Waals surface area contributed by atoms with Crippen molar-refractivity contribution in [2.24, 2.45) is 0 Å². The van der Waals surface area contributed by atoms with Gasteiger partial charge in [0, 0.05) is 18.9 Å². The molecule has 3 nitrogen and oxygen atoms in total. The Morgan fingerprint density at radius 1 is 1.42 bits per heavy atom. The zero-order valence-electron chi connectivity index (χ0n) is 7.05. The molecule has 12 heavy (non-hydrogen) atoms. The predicted octanol–water partition coefficient (Wildman–Crippen LogP) is 1.56. The molecule has 0 radical (unpaired) electrons. The van der Waals surface area contributed by atoms with Crippen molar-refractivity contribution in [3.63, 3.8) is 0 Å². The molecule has 1 aromatic rings. The lowest BCUT2D eigenvalue weighted by Crippen LogP contribution is -2.05. The molecule has 0 aliphatic carbocycles. The van der Waals surface area contributed by atoms with Gasteiger partial charge in [-0.3, -0.25) is 4.39 Å². The number of aromatic nitrogens is 2. The van der Waals surface area contributed by atoms with Gasteiger partial charge in [-0.2, -0.15) is 0 Å². The summed E-state index contributed by atoms with van der Waals surface area (Å²) < 4.78 is 11.7. The smallest absolute Gasteiger partial charge is 0.222 e. The van der Waals surface area contributed by atoms with Crippen LogP contribution in [0.2, 0.25) is 0 Å². The highest BCUT2D eigenvalue weighted by molar-refractivity contribution is 5.23. The standard InChI is InChI=1S/C8H12FN3/c1-7-5-11-8(12-6-7)10-4-2-3-9/h5-6H,2-4H2,1H3,(H,10,11,12). The lowest BCUT2D eigenvalue weighted by Gasteiger charge is -2.01. The van der Waals surface area contributed by atoms with E-state index in [0.717, 1.165) is 5.56 Å². The molecule has 1 aromatic heterocycles. The Balaban J connectivity index is 2.37. The van der Waals surface area contributed by atoms with E-state index >= 15 is 0 Å². The zero-order chi connectivity index (χ0) is 8.81. The fourth-order valence-electron chi connectivity index (χ4n) is 0.751. The number of anilines is 1. The minimum atomic E-state index is -0.307. The first-order valence-electron chi connectivity index (χ1n) is 3.91. The van der Waals surface area contributed by atoms with E-state index in [9.17, 15) is 4.39 Å². The topological polar surface area (TPSA) is 37.8 Å². The van der Waals surface area contributed by atoms with Gasteiger partial charge in [0.05, 0.1) is 6.67 Å². The first-order chi connectivity index (χ1) is 5.83. The summed E-state index contributed by atoms with van der Waals surface area (Å²) in [6, 6.07) is 0. The van der Waals surface area contributed by atoms with Gasteiger partial charge in [0.15, 0.2) is 0 Å². The SMILES string of the molecule is Cc1cnc(NCCCF)nc1. The molecule has 0 unspecified atom stereocenters. The van der Waals surface area contributed by atoms with Crippen molar-refractivity contribution in [3.05, 3.63) is 18.0 Å². The van der Waals surface area contributed by atoms with Crippen LogP contribution in [0.5, 0.6) is 0 Å². The molecule has 1 heterocycles. The number of hydrogen-bond donors (Lipinski definition) is 1. The third-order valence-corrected chi connectivity index (χ3v) is 1.37. The van der Waals surface area contributed by atoms with Crippen molar-refractivity contribution in [2.75, 3.05) is 18.5 Å². The molecular formula is C8H12FN3. The third-order valence-electron chi connectivity index (χ3n) is 1.37. The third kappa shape index (κ3) is 2.82. The summed E-state index contributed by atoms with van der Waals surface area (Å²) in [5.41, 5.74) is 1.02. The lowest BCUT2D eigenvalue weighted by atomic mass is 10.4. The van der Waals surface area contributed by atoms with E-state index < -0.39 is 0 Å². The van der Waals surface area contributed by atoms with Gasteiger partial charge in [-0.15, -0.1) is 0 Å². The van der Waals surface area contributed by atoms with E-state index in [0.29, 0.717) is 18.9 Å². The zero-order valence-corrected chi connectivity index (χ0v) is 7.05. The van der Waals surface area contributed by atoms with Crippen molar-refractivity contribution < 1.29 is 4.39 Å². The lowest BCUT2D eigenvalue weighted by molar-refractivity contribution is 0.481. The molecule has 0 bridgehead atoms. The second kappa shape index (κ2) is 4.64. The van der Waals surface area contributed by atoms with Crippen molar-refractivity contribution in [1.82, 2.24) is 9.97 Å². The number of hydrogen-bond acceptors (Lipinski definition) is 3. The molecular weight excluding hydrogens is 157 g/mol. The van der Waals surface area contributed by atoms with Gasteiger partial charge in [-0.05, 0) is 18.9 Å². The number of aryl methyl sites for hydroxylation is 1. The Morgan fingerprint density at radius 2 is 2.08 bits per heavy atom. The number of halogens is 1. The van der Waals surface area contributed by atoms with Crippen LogP contribution >= 0.6 is 0 Å². The summed E-state index contributed by atoms with van der Waals surface area (Å²) in [7, 11) is 0. The number of nitrogens with one attached hydrogen (secondary N) is 1. The first kappa shape index (κ1) is 8.90. The average Bonchev–Trinajstić information content (AvgIpc) is 2.09. The molecule has 66 valence electrons. The van der Waals surface area contributed by atoms with E-state index in [-0.39, 0.29) is 6.67 Å². The van der Waals surface area contributed by atoms with E-state index in [1.807, 2.05) is 6.92 Å². The molecule has 4 heteroatoms. The molecule has 0 fully saturated rings. The molecule has 0 aliphatic rings. The fourth-order valence-corrected chi connectivity index (χ4v) is 0.751. The minimum absolute atomic E-state index is 0.307. The molecule has 0 atom stereocenters. The first-order valence-corrected chi connectivity index (χ1v) is 3.91. The summed E-state index contributed by atoms with van der Waals surface area (Å²) in [6.45, 7) is 2.20. The van der Waals surface area contributed by atoms with Gasteiger partial charge in [0.2, 0.25) is 5.95 Å². The van der Waals surface area contributed by atoms with Crippen LogP contribution in [-0.4, -0.2) is 23.2 Å². The minimum Gasteiger partial charge on any atom is -0.354 e. The summed E-state index contributed by atoms with van der Waals surface area (Å²) in [5, 5.41) is 2.91. The molecule has 0 amide bonds. The van der Waals surface area contributed by atoms with Crippen LogP contribution in [0, 0.1) is 6.92 Å². The van der Waals surface area contributed by atoms with Crippen molar-refractivity contribution in [2.45, 2.75) is 13.3 Å². The molecule has 0 aliphatic heterocycles. The largest absolute Gasteiger partial charge is 0.354 e. The second-order valence-corrected chi connectivity index (χ2v) is 2.55. The number of alkyl halides is 1. The summed E-state index contributed by atoms with van der Waals surface area (Å²) in [5.74, 6) is 0.564. The Labute approximate surface area is 71.0 Å². The Morgan fingerprint density at radius 3 is 2.67 bits per heavy atom. The molecule has 1 N–H and O–H groups in total. The fraction of sp³-hybridized carbons (Fsp3) is 0.500. The van der Waals surface area contributed by atoms with E-state index in [2.05, 4.69) is 15.3 Å². The van der Waals surface area contributed by atoms with Gasteiger partial charge in [0.25, 0.3) is 0 Å². The van der Waals surface area contributed by atoms with Crippen LogP contribution in [0.3, 0.4) is 0 Å². The van der Waals surface area contributed by atoms with Crippen LogP contribution in [0.15, 0.2) is 12.4 Å². The molecule has 0 spiro atoms. The van der Waals surface area contributed by atoms with Gasteiger partial charge < -0.3 is 5.32 Å². The quantitative estimate of drug-likeness (QED) is 0.695. The van der Waals surface area contributed by atoms with Gasteiger partial charge in [-0.1, -0.05) is 0 Å². The highest BCUT2D eigenvalue weighted by atomic mass is 19.1. The average molecular weight is 169 g/mol. The monoisotopic (exact) mass is 169 g/mol. The Bertz CT molecular complexity index is 222. The molecule has 1 rings (SSSR count). The normalized spacial score (nSPS) is 9.83. The van der Waals surface area contributed by atoms with Crippen LogP contribution < -0.4 is 5.32 Å². The van der Waals surface area contributed by atoms with Crippen LogP contribution in [0.1, 0.15) is 12.0 Å². The summed E-state index contributed by atoms with van der Waals surface area (Å²) in [6.07, 6.45) is 3.95. The number of nitrogens with zero attached hydrogens (tertiary/aromatic N) is 2. The maximum atomic E-state index is 11.7. The molecule has 0 aromatic carbocycles. The van der Waals surface area contributed by atoms with Crippen LogP contribution in [0.4, 0.5) is 10.3 Å². The van der Waals surface area contributed by atoms with Crippen molar-refractivity contribution in [1.29, 1.82) is 0 Å². The van der Waals surface area contributed by atoms with Gasteiger partial charge in [0.1, 0.15) is 0 Å². The Hall–Kier alpha value is -1.19. The molecule has 0 saturated heterocycles. The van der Waals surface area contributed by atoms with Crippen molar-refractivity contribution in [3.8, 4) is 0 Å². The second-order valence-electron chi connectivity index (χ2n) is 2.55. The van der Waals surface area contributed by atoms with Crippen LogP contribution in [-0.2, 0) is 0 Å².